The molecule has 0 aliphatic carbocycles. The van der Waals surface area contributed by atoms with Crippen molar-refractivity contribution >= 4 is 27.3 Å². The Labute approximate surface area is 135 Å². The zero-order chi connectivity index (χ0) is 15.0. The Morgan fingerprint density at radius 2 is 1.90 bits per heavy atom. The highest BCUT2D eigenvalue weighted by Crippen LogP contribution is 2.35. The Hall–Kier alpha value is -1.52. The van der Waals surface area contributed by atoms with E-state index in [4.69, 9.17) is 0 Å². The summed E-state index contributed by atoms with van der Waals surface area (Å²) in [6.45, 7) is 3.90. The molecule has 0 spiro atoms. The molecule has 106 valence electrons. The molecule has 0 atom stereocenters. The second kappa shape index (κ2) is 5.70. The molecule has 0 fully saturated rings. The Morgan fingerprint density at radius 3 is 2.62 bits per heavy atom. The van der Waals surface area contributed by atoms with Crippen LogP contribution in [-0.4, -0.2) is 4.98 Å². The van der Waals surface area contributed by atoms with Gasteiger partial charge in [0.1, 0.15) is 10.8 Å². The van der Waals surface area contributed by atoms with Gasteiger partial charge in [0.25, 0.3) is 0 Å². The van der Waals surface area contributed by atoms with Crippen LogP contribution in [0.25, 0.3) is 21.8 Å². The number of thiazole rings is 1. The molecular formula is C17H13BrFNS. The minimum absolute atomic E-state index is 0.218. The summed E-state index contributed by atoms with van der Waals surface area (Å²) in [7, 11) is 0. The third-order valence-corrected chi connectivity index (χ3v) is 4.75. The average molecular weight is 362 g/mol. The SMILES string of the molecule is Cc1ccc(-c2nc(-c3cccc(Br)c3)c(C)s2)c(F)c1. The first-order valence-electron chi connectivity index (χ1n) is 6.54. The van der Waals surface area contributed by atoms with Gasteiger partial charge in [0.2, 0.25) is 0 Å². The second-order valence-electron chi connectivity index (χ2n) is 4.92. The fourth-order valence-electron chi connectivity index (χ4n) is 2.21. The number of halogens is 2. The minimum atomic E-state index is -0.218. The predicted molar refractivity (Wildman–Crippen MR) is 90.1 cm³/mol. The molecule has 2 aromatic carbocycles. The largest absolute Gasteiger partial charge is 0.236 e. The van der Waals surface area contributed by atoms with Gasteiger partial charge >= 0.3 is 0 Å². The normalized spacial score (nSPS) is 10.9. The number of aromatic nitrogens is 1. The number of nitrogens with zero attached hydrogens (tertiary/aromatic N) is 1. The highest BCUT2D eigenvalue weighted by atomic mass is 79.9. The van der Waals surface area contributed by atoms with Crippen LogP contribution >= 0.6 is 27.3 Å². The van der Waals surface area contributed by atoms with Gasteiger partial charge in [0.05, 0.1) is 5.69 Å². The van der Waals surface area contributed by atoms with Crippen LogP contribution in [0.15, 0.2) is 46.9 Å². The zero-order valence-corrected chi connectivity index (χ0v) is 14.1. The highest BCUT2D eigenvalue weighted by Gasteiger charge is 2.14. The number of hydrogen-bond acceptors (Lipinski definition) is 2. The summed E-state index contributed by atoms with van der Waals surface area (Å²) in [5.74, 6) is -0.218. The first-order valence-corrected chi connectivity index (χ1v) is 8.15. The van der Waals surface area contributed by atoms with Crippen LogP contribution in [-0.2, 0) is 0 Å². The van der Waals surface area contributed by atoms with Gasteiger partial charge < -0.3 is 0 Å². The molecule has 0 N–H and O–H groups in total. The van der Waals surface area contributed by atoms with Gasteiger partial charge in [0, 0.05) is 20.5 Å². The summed E-state index contributed by atoms with van der Waals surface area (Å²) in [5, 5.41) is 0.722. The molecule has 0 bridgehead atoms. The summed E-state index contributed by atoms with van der Waals surface area (Å²) >= 11 is 4.99. The summed E-state index contributed by atoms with van der Waals surface area (Å²) in [6, 6.07) is 13.3. The van der Waals surface area contributed by atoms with Crippen molar-refractivity contribution in [2.45, 2.75) is 13.8 Å². The average Bonchev–Trinajstić information content (AvgIpc) is 2.80. The van der Waals surface area contributed by atoms with E-state index in [9.17, 15) is 4.39 Å². The zero-order valence-electron chi connectivity index (χ0n) is 11.7. The van der Waals surface area contributed by atoms with Crippen molar-refractivity contribution in [3.8, 4) is 21.8 Å². The topological polar surface area (TPSA) is 12.9 Å². The third kappa shape index (κ3) is 2.92. The quantitative estimate of drug-likeness (QED) is 0.545. The minimum Gasteiger partial charge on any atom is -0.236 e. The standard InChI is InChI=1S/C17H13BrFNS/c1-10-6-7-14(15(19)8-10)17-20-16(11(2)21-17)12-4-3-5-13(18)9-12/h3-9H,1-2H3. The number of benzene rings is 2. The lowest BCUT2D eigenvalue weighted by Gasteiger charge is -2.01. The maximum atomic E-state index is 14.1. The van der Waals surface area contributed by atoms with Crippen LogP contribution in [0.4, 0.5) is 4.39 Å². The van der Waals surface area contributed by atoms with E-state index in [0.717, 1.165) is 31.2 Å². The van der Waals surface area contributed by atoms with E-state index in [1.165, 1.54) is 11.3 Å². The van der Waals surface area contributed by atoms with E-state index >= 15 is 0 Å². The van der Waals surface area contributed by atoms with Crippen molar-refractivity contribution in [1.82, 2.24) is 4.98 Å². The molecular weight excluding hydrogens is 349 g/mol. The maximum absolute atomic E-state index is 14.1. The molecule has 0 saturated carbocycles. The number of aryl methyl sites for hydroxylation is 2. The van der Waals surface area contributed by atoms with Crippen molar-refractivity contribution in [1.29, 1.82) is 0 Å². The van der Waals surface area contributed by atoms with Crippen molar-refractivity contribution in [2.75, 3.05) is 0 Å². The molecule has 4 heteroatoms. The third-order valence-electron chi connectivity index (χ3n) is 3.25. The molecule has 1 nitrogen and oxygen atoms in total. The van der Waals surface area contributed by atoms with Gasteiger partial charge in [-0.1, -0.05) is 34.1 Å². The smallest absolute Gasteiger partial charge is 0.133 e. The molecule has 1 aromatic heterocycles. The maximum Gasteiger partial charge on any atom is 0.133 e. The molecule has 1 heterocycles. The second-order valence-corrected chi connectivity index (χ2v) is 7.04. The molecule has 3 rings (SSSR count). The van der Waals surface area contributed by atoms with Crippen LogP contribution in [0.2, 0.25) is 0 Å². The number of hydrogen-bond donors (Lipinski definition) is 0. The Balaban J connectivity index is 2.09. The Kier molecular flexibility index (Phi) is 3.91. The fourth-order valence-corrected chi connectivity index (χ4v) is 3.57. The van der Waals surface area contributed by atoms with Gasteiger partial charge in [-0.15, -0.1) is 11.3 Å². The van der Waals surface area contributed by atoms with E-state index in [2.05, 4.69) is 20.9 Å². The van der Waals surface area contributed by atoms with Crippen molar-refractivity contribution in [3.05, 3.63) is 63.2 Å². The van der Waals surface area contributed by atoms with Crippen LogP contribution in [0.3, 0.4) is 0 Å². The summed E-state index contributed by atoms with van der Waals surface area (Å²) in [5.41, 5.74) is 3.43. The lowest BCUT2D eigenvalue weighted by atomic mass is 10.1. The molecule has 21 heavy (non-hydrogen) atoms. The number of rotatable bonds is 2. The van der Waals surface area contributed by atoms with Crippen LogP contribution in [0.5, 0.6) is 0 Å². The van der Waals surface area contributed by atoms with E-state index in [1.807, 2.05) is 44.2 Å². The Bertz CT molecular complexity index is 810. The fraction of sp³-hybridized carbons (Fsp3) is 0.118. The lowest BCUT2D eigenvalue weighted by Crippen LogP contribution is -1.86. The van der Waals surface area contributed by atoms with Crippen molar-refractivity contribution in [2.24, 2.45) is 0 Å². The Morgan fingerprint density at radius 1 is 1.10 bits per heavy atom. The van der Waals surface area contributed by atoms with Gasteiger partial charge in [-0.05, 0) is 43.7 Å². The molecule has 0 aliphatic rings. The van der Waals surface area contributed by atoms with Crippen molar-refractivity contribution < 1.29 is 4.39 Å². The van der Waals surface area contributed by atoms with Crippen LogP contribution in [0, 0.1) is 19.7 Å². The van der Waals surface area contributed by atoms with E-state index in [0.29, 0.717) is 5.56 Å². The van der Waals surface area contributed by atoms with Crippen LogP contribution < -0.4 is 0 Å². The molecule has 0 aliphatic heterocycles. The van der Waals surface area contributed by atoms with Gasteiger partial charge in [-0.3, -0.25) is 0 Å². The van der Waals surface area contributed by atoms with E-state index in [1.54, 1.807) is 12.1 Å². The highest BCUT2D eigenvalue weighted by molar-refractivity contribution is 9.10. The lowest BCUT2D eigenvalue weighted by molar-refractivity contribution is 0.630. The van der Waals surface area contributed by atoms with Crippen molar-refractivity contribution in [3.63, 3.8) is 0 Å². The molecule has 3 aromatic rings. The molecule has 0 saturated heterocycles. The first-order chi connectivity index (χ1) is 10.0. The molecule has 0 amide bonds. The van der Waals surface area contributed by atoms with Gasteiger partial charge in [-0.25, -0.2) is 9.37 Å². The van der Waals surface area contributed by atoms with Gasteiger partial charge in [-0.2, -0.15) is 0 Å². The predicted octanol–water partition coefficient (Wildman–Crippen LogP) is 6.00. The summed E-state index contributed by atoms with van der Waals surface area (Å²) < 4.78 is 15.1. The first kappa shape index (κ1) is 14.4. The molecule has 0 radical (unpaired) electrons. The van der Waals surface area contributed by atoms with Gasteiger partial charge in [0.15, 0.2) is 0 Å². The monoisotopic (exact) mass is 361 g/mol. The summed E-state index contributed by atoms with van der Waals surface area (Å²) in [4.78, 5) is 5.73. The van der Waals surface area contributed by atoms with E-state index < -0.39 is 0 Å². The molecule has 0 unspecified atom stereocenters. The summed E-state index contributed by atoms with van der Waals surface area (Å²) in [6.07, 6.45) is 0. The van der Waals surface area contributed by atoms with Crippen LogP contribution in [0.1, 0.15) is 10.4 Å². The van der Waals surface area contributed by atoms with E-state index in [-0.39, 0.29) is 5.82 Å².